The molecule has 0 radical (unpaired) electrons. The number of nitrogens with zero attached hydrogens (tertiary/aromatic N) is 3. The monoisotopic (exact) mass is 378 g/mol. The van der Waals surface area contributed by atoms with Gasteiger partial charge in [-0.25, -0.2) is 9.67 Å². The Morgan fingerprint density at radius 2 is 1.93 bits per heavy atom. The summed E-state index contributed by atoms with van der Waals surface area (Å²) in [6.45, 7) is 0. The van der Waals surface area contributed by atoms with E-state index in [0.29, 0.717) is 25.7 Å². The molecule has 1 saturated carbocycles. The fraction of sp³-hybridized carbons (Fsp3) is 0.526. The number of fused-ring (bicyclic) bond motifs is 1. The van der Waals surface area contributed by atoms with Gasteiger partial charge in [-0.05, 0) is 62.6 Å². The standard InChI is InChI=1S/C19H21F3N4O/c20-19(21,22)15-4-2-10-23-18(15)24-13-6-8-14(9-7-13)26-17(27)11-12-3-1-5-16(12)25-26/h2,4,10-11,13-14H,1,3,5-9H2,(H,23,24). The van der Waals surface area contributed by atoms with E-state index in [1.807, 2.05) is 0 Å². The zero-order chi connectivity index (χ0) is 19.0. The van der Waals surface area contributed by atoms with Crippen LogP contribution in [0.3, 0.4) is 0 Å². The van der Waals surface area contributed by atoms with Crippen LogP contribution < -0.4 is 10.9 Å². The van der Waals surface area contributed by atoms with Crippen molar-refractivity contribution in [3.63, 3.8) is 0 Å². The SMILES string of the molecule is O=c1cc2c(nn1C1CCC(Nc3ncccc3C(F)(F)F)CC1)CCC2. The third-order valence-electron chi connectivity index (χ3n) is 5.48. The molecule has 1 N–H and O–H groups in total. The largest absolute Gasteiger partial charge is 0.419 e. The highest BCUT2D eigenvalue weighted by Crippen LogP contribution is 2.35. The predicted octanol–water partition coefficient (Wildman–Crippen LogP) is 3.74. The molecule has 2 aromatic rings. The van der Waals surface area contributed by atoms with Gasteiger partial charge in [0.25, 0.3) is 5.56 Å². The van der Waals surface area contributed by atoms with E-state index in [1.54, 1.807) is 10.7 Å². The summed E-state index contributed by atoms with van der Waals surface area (Å²) in [4.78, 5) is 16.2. The lowest BCUT2D eigenvalue weighted by molar-refractivity contribution is -0.137. The van der Waals surface area contributed by atoms with Gasteiger partial charge in [0.15, 0.2) is 0 Å². The van der Waals surface area contributed by atoms with E-state index >= 15 is 0 Å². The van der Waals surface area contributed by atoms with Crippen LogP contribution in [-0.2, 0) is 19.0 Å². The van der Waals surface area contributed by atoms with Crippen LogP contribution in [-0.4, -0.2) is 20.8 Å². The fourth-order valence-corrected chi connectivity index (χ4v) is 4.08. The average Bonchev–Trinajstić information content (AvgIpc) is 3.08. The van der Waals surface area contributed by atoms with Gasteiger partial charge in [-0.15, -0.1) is 0 Å². The number of aromatic nitrogens is 3. The minimum atomic E-state index is -4.44. The maximum Gasteiger partial charge on any atom is 0.419 e. The van der Waals surface area contributed by atoms with Crippen molar-refractivity contribution < 1.29 is 13.2 Å². The first-order valence-electron chi connectivity index (χ1n) is 9.32. The predicted molar refractivity (Wildman–Crippen MR) is 94.7 cm³/mol. The number of halogens is 3. The van der Waals surface area contributed by atoms with Crippen LogP contribution >= 0.6 is 0 Å². The lowest BCUT2D eigenvalue weighted by atomic mass is 9.91. The zero-order valence-corrected chi connectivity index (χ0v) is 14.8. The van der Waals surface area contributed by atoms with Crippen LogP contribution in [0.2, 0.25) is 0 Å². The molecule has 2 aliphatic rings. The highest BCUT2D eigenvalue weighted by molar-refractivity contribution is 5.46. The minimum Gasteiger partial charge on any atom is -0.367 e. The first-order valence-corrected chi connectivity index (χ1v) is 9.32. The second-order valence-electron chi connectivity index (χ2n) is 7.30. The molecular weight excluding hydrogens is 357 g/mol. The number of alkyl halides is 3. The Hall–Kier alpha value is -2.38. The number of anilines is 1. The van der Waals surface area contributed by atoms with Crippen molar-refractivity contribution in [2.45, 2.75) is 63.2 Å². The van der Waals surface area contributed by atoms with Gasteiger partial charge in [0.05, 0.1) is 17.3 Å². The van der Waals surface area contributed by atoms with E-state index in [-0.39, 0.29) is 23.5 Å². The molecule has 8 heteroatoms. The van der Waals surface area contributed by atoms with Crippen LogP contribution in [0.5, 0.6) is 0 Å². The molecule has 0 aromatic carbocycles. The molecule has 0 unspecified atom stereocenters. The first-order chi connectivity index (χ1) is 12.9. The van der Waals surface area contributed by atoms with Gasteiger partial charge in [-0.3, -0.25) is 4.79 Å². The first kappa shape index (κ1) is 18.0. The van der Waals surface area contributed by atoms with Gasteiger partial charge in [0.1, 0.15) is 5.82 Å². The summed E-state index contributed by atoms with van der Waals surface area (Å²) in [5.74, 6) is -0.124. The highest BCUT2D eigenvalue weighted by atomic mass is 19.4. The van der Waals surface area contributed by atoms with E-state index in [2.05, 4.69) is 15.4 Å². The Kier molecular flexibility index (Phi) is 4.65. The Labute approximate surface area is 154 Å². The number of aryl methyl sites for hydroxylation is 2. The van der Waals surface area contributed by atoms with Gasteiger partial charge >= 0.3 is 6.18 Å². The molecule has 2 aliphatic carbocycles. The molecule has 0 amide bonds. The summed E-state index contributed by atoms with van der Waals surface area (Å²) in [5, 5.41) is 7.50. The number of nitrogens with one attached hydrogen (secondary N) is 1. The minimum absolute atomic E-state index is 0.00673. The maximum absolute atomic E-state index is 13.1. The van der Waals surface area contributed by atoms with Crippen molar-refractivity contribution in [2.75, 3.05) is 5.32 Å². The molecule has 0 bridgehead atoms. The van der Waals surface area contributed by atoms with Crippen molar-refractivity contribution in [3.8, 4) is 0 Å². The molecule has 2 heterocycles. The molecule has 4 rings (SSSR count). The summed E-state index contributed by atoms with van der Waals surface area (Å²) in [6, 6.07) is 3.93. The molecule has 0 atom stereocenters. The summed E-state index contributed by atoms with van der Waals surface area (Å²) in [7, 11) is 0. The van der Waals surface area contributed by atoms with Crippen LogP contribution in [0.1, 0.15) is 55.0 Å². The summed E-state index contributed by atoms with van der Waals surface area (Å²) in [6.07, 6.45) is 2.54. The lowest BCUT2D eigenvalue weighted by Gasteiger charge is -2.30. The van der Waals surface area contributed by atoms with E-state index < -0.39 is 11.7 Å². The fourth-order valence-electron chi connectivity index (χ4n) is 4.08. The van der Waals surface area contributed by atoms with Gasteiger partial charge < -0.3 is 5.32 Å². The van der Waals surface area contributed by atoms with Crippen LogP contribution in [0, 0.1) is 0 Å². The molecular formula is C19H21F3N4O. The number of pyridine rings is 1. The topological polar surface area (TPSA) is 59.8 Å². The van der Waals surface area contributed by atoms with Crippen molar-refractivity contribution in [1.82, 2.24) is 14.8 Å². The van der Waals surface area contributed by atoms with E-state index in [4.69, 9.17) is 0 Å². The highest BCUT2D eigenvalue weighted by Gasteiger charge is 2.35. The molecule has 144 valence electrons. The molecule has 0 aliphatic heterocycles. The van der Waals surface area contributed by atoms with Crippen LogP contribution in [0.25, 0.3) is 0 Å². The van der Waals surface area contributed by atoms with Gasteiger partial charge in [0, 0.05) is 18.3 Å². The van der Waals surface area contributed by atoms with Crippen LogP contribution in [0.4, 0.5) is 19.0 Å². The Morgan fingerprint density at radius 3 is 2.67 bits per heavy atom. The Bertz CT molecular complexity index is 885. The van der Waals surface area contributed by atoms with Crippen LogP contribution in [0.15, 0.2) is 29.2 Å². The third-order valence-corrected chi connectivity index (χ3v) is 5.48. The Balaban J connectivity index is 1.44. The molecule has 1 fully saturated rings. The average molecular weight is 378 g/mol. The van der Waals surface area contributed by atoms with Gasteiger partial charge in [-0.1, -0.05) is 0 Å². The third kappa shape index (κ3) is 3.70. The van der Waals surface area contributed by atoms with Crippen molar-refractivity contribution >= 4 is 5.82 Å². The maximum atomic E-state index is 13.1. The van der Waals surface area contributed by atoms with Crippen molar-refractivity contribution in [1.29, 1.82) is 0 Å². The van der Waals surface area contributed by atoms with Gasteiger partial charge in [-0.2, -0.15) is 18.3 Å². The van der Waals surface area contributed by atoms with Crippen molar-refractivity contribution in [2.24, 2.45) is 0 Å². The van der Waals surface area contributed by atoms with Gasteiger partial charge in [0.2, 0.25) is 0 Å². The van der Waals surface area contributed by atoms with Crippen molar-refractivity contribution in [3.05, 3.63) is 51.6 Å². The quantitative estimate of drug-likeness (QED) is 0.884. The molecule has 2 aromatic heterocycles. The molecule has 0 saturated heterocycles. The van der Waals surface area contributed by atoms with E-state index in [9.17, 15) is 18.0 Å². The molecule has 5 nitrogen and oxygen atoms in total. The second kappa shape index (κ2) is 6.98. The number of rotatable bonds is 3. The number of hydrogen-bond acceptors (Lipinski definition) is 4. The summed E-state index contributed by atoms with van der Waals surface area (Å²) in [5.41, 5.74) is 1.25. The number of hydrogen-bond donors (Lipinski definition) is 1. The molecule has 0 spiro atoms. The lowest BCUT2D eigenvalue weighted by Crippen LogP contribution is -2.34. The Morgan fingerprint density at radius 1 is 1.15 bits per heavy atom. The zero-order valence-electron chi connectivity index (χ0n) is 14.8. The summed E-state index contributed by atoms with van der Waals surface area (Å²) >= 11 is 0. The summed E-state index contributed by atoms with van der Waals surface area (Å²) < 4.78 is 40.9. The molecule has 27 heavy (non-hydrogen) atoms. The smallest absolute Gasteiger partial charge is 0.367 e. The van der Waals surface area contributed by atoms with E-state index in [1.165, 1.54) is 12.3 Å². The van der Waals surface area contributed by atoms with E-state index in [0.717, 1.165) is 36.6 Å². The normalized spacial score (nSPS) is 22.5. The second-order valence-corrected chi connectivity index (χ2v) is 7.30.